The Morgan fingerprint density at radius 3 is 2.25 bits per heavy atom. The molecule has 0 unspecified atom stereocenters. The molecule has 3 rings (SSSR count). The van der Waals surface area contributed by atoms with Crippen molar-refractivity contribution >= 4 is 0 Å². The largest absolute Gasteiger partial charge is 0.396 e. The molecule has 0 bridgehead atoms. The van der Waals surface area contributed by atoms with Gasteiger partial charge in [0.25, 0.3) is 0 Å². The molecule has 0 aromatic heterocycles. The molecule has 1 heterocycles. The fraction of sp³-hybridized carbons (Fsp3) is 0.900. The fourth-order valence-electron chi connectivity index (χ4n) is 6.95. The van der Waals surface area contributed by atoms with Gasteiger partial charge in [0.15, 0.2) is 0 Å². The van der Waals surface area contributed by atoms with Gasteiger partial charge in [-0.2, -0.15) is 0 Å². The lowest BCUT2D eigenvalue weighted by Crippen LogP contribution is -2.70. The molecule has 0 amide bonds. The Labute approximate surface area is 145 Å². The maximum absolute atomic E-state index is 11.1. The maximum atomic E-state index is 11.1. The molecule has 4 heteroatoms. The zero-order valence-corrected chi connectivity index (χ0v) is 15.6. The van der Waals surface area contributed by atoms with Crippen LogP contribution in [-0.2, 0) is 4.74 Å². The van der Waals surface area contributed by atoms with Crippen LogP contribution in [0.2, 0.25) is 0 Å². The van der Waals surface area contributed by atoms with Crippen molar-refractivity contribution in [3.8, 4) is 0 Å². The highest BCUT2D eigenvalue weighted by atomic mass is 16.5. The van der Waals surface area contributed by atoms with Crippen LogP contribution in [0.25, 0.3) is 0 Å². The minimum absolute atomic E-state index is 0.0202. The summed E-state index contributed by atoms with van der Waals surface area (Å²) in [5.41, 5.74) is -1.70. The molecule has 4 nitrogen and oxygen atoms in total. The Morgan fingerprint density at radius 1 is 1.04 bits per heavy atom. The zero-order valence-electron chi connectivity index (χ0n) is 15.6. The van der Waals surface area contributed by atoms with Gasteiger partial charge in [0.05, 0.1) is 23.4 Å². The molecule has 3 aliphatic rings. The van der Waals surface area contributed by atoms with Gasteiger partial charge >= 0.3 is 0 Å². The van der Waals surface area contributed by atoms with E-state index in [4.69, 9.17) is 4.74 Å². The van der Waals surface area contributed by atoms with Crippen molar-refractivity contribution in [2.24, 2.45) is 22.7 Å². The van der Waals surface area contributed by atoms with Crippen LogP contribution in [-0.4, -0.2) is 45.3 Å². The molecule has 0 spiro atoms. The van der Waals surface area contributed by atoms with E-state index in [1.807, 2.05) is 13.8 Å². The first-order valence-corrected chi connectivity index (χ1v) is 9.34. The summed E-state index contributed by atoms with van der Waals surface area (Å²) in [7, 11) is 0. The van der Waals surface area contributed by atoms with Crippen LogP contribution in [0.5, 0.6) is 0 Å². The van der Waals surface area contributed by atoms with Gasteiger partial charge in [0, 0.05) is 25.4 Å². The SMILES string of the molecule is C=C[C@@]1(C)C[C@H](O)[C@@H]2[C@@]3(C)CCC[C@@](C)(CO)[C@@H]3[C@H](O)C[C@@]2(C)O1. The molecule has 24 heavy (non-hydrogen) atoms. The summed E-state index contributed by atoms with van der Waals surface area (Å²) in [5.74, 6) is -0.0641. The Morgan fingerprint density at radius 2 is 1.67 bits per heavy atom. The van der Waals surface area contributed by atoms with Crippen molar-refractivity contribution in [1.82, 2.24) is 0 Å². The summed E-state index contributed by atoms with van der Waals surface area (Å²) in [6.07, 6.45) is 4.66. The number of ether oxygens (including phenoxy) is 1. The van der Waals surface area contributed by atoms with Crippen molar-refractivity contribution in [3.05, 3.63) is 12.7 Å². The maximum Gasteiger partial charge on any atom is 0.0864 e. The second kappa shape index (κ2) is 5.54. The molecule has 1 aliphatic heterocycles. The standard InChI is InChI=1S/C20H34O4/c1-6-18(3)10-13(22)16-19(4)9-7-8-17(2,12-21)15(19)14(23)11-20(16,5)24-18/h6,13-16,21-23H,1,7-12H2,2-5H3/t13-,14+,15-,16+,17-,18-,19-,20+/m0/s1. The molecule has 1 saturated heterocycles. The van der Waals surface area contributed by atoms with Crippen LogP contribution >= 0.6 is 0 Å². The smallest absolute Gasteiger partial charge is 0.0864 e. The van der Waals surface area contributed by atoms with Gasteiger partial charge in [-0.1, -0.05) is 26.3 Å². The summed E-state index contributed by atoms with van der Waals surface area (Å²) in [6, 6.07) is 0. The Bertz CT molecular complexity index is 522. The van der Waals surface area contributed by atoms with E-state index in [9.17, 15) is 15.3 Å². The molecule has 2 aliphatic carbocycles. The van der Waals surface area contributed by atoms with Gasteiger partial charge in [-0.25, -0.2) is 0 Å². The third-order valence-electron chi connectivity index (χ3n) is 7.55. The topological polar surface area (TPSA) is 69.9 Å². The fourth-order valence-corrected chi connectivity index (χ4v) is 6.95. The quantitative estimate of drug-likeness (QED) is 0.677. The second-order valence-electron chi connectivity index (χ2n) is 9.60. The van der Waals surface area contributed by atoms with Crippen molar-refractivity contribution in [2.75, 3.05) is 6.61 Å². The zero-order chi connectivity index (χ0) is 18.0. The number of fused-ring (bicyclic) bond motifs is 3. The third-order valence-corrected chi connectivity index (χ3v) is 7.55. The highest BCUT2D eigenvalue weighted by Crippen LogP contribution is 2.65. The molecule has 0 aromatic carbocycles. The van der Waals surface area contributed by atoms with E-state index in [1.165, 1.54) is 0 Å². The number of hydrogen-bond acceptors (Lipinski definition) is 4. The molecule has 138 valence electrons. The number of aliphatic hydroxyl groups excluding tert-OH is 3. The average Bonchev–Trinajstić information content (AvgIpc) is 2.44. The Hall–Kier alpha value is -0.420. The average molecular weight is 338 g/mol. The molecule has 0 aromatic rings. The lowest BCUT2D eigenvalue weighted by atomic mass is 9.43. The summed E-state index contributed by atoms with van der Waals surface area (Å²) in [6.45, 7) is 12.2. The normalized spacial score (nSPS) is 57.8. The van der Waals surface area contributed by atoms with E-state index in [2.05, 4.69) is 20.4 Å². The number of rotatable bonds is 2. The molecular formula is C20H34O4. The van der Waals surface area contributed by atoms with Crippen LogP contribution < -0.4 is 0 Å². The van der Waals surface area contributed by atoms with E-state index in [-0.39, 0.29) is 29.3 Å². The monoisotopic (exact) mass is 338 g/mol. The third kappa shape index (κ3) is 2.41. The van der Waals surface area contributed by atoms with Crippen molar-refractivity contribution in [1.29, 1.82) is 0 Å². The molecule has 3 fully saturated rings. The molecule has 8 atom stereocenters. The minimum atomic E-state index is -0.584. The van der Waals surface area contributed by atoms with E-state index in [0.29, 0.717) is 12.8 Å². The summed E-state index contributed by atoms with van der Waals surface area (Å²) >= 11 is 0. The predicted molar refractivity (Wildman–Crippen MR) is 93.5 cm³/mol. The highest BCUT2D eigenvalue weighted by Gasteiger charge is 2.67. The lowest BCUT2D eigenvalue weighted by Gasteiger charge is -2.67. The molecular weight excluding hydrogens is 304 g/mol. The second-order valence-corrected chi connectivity index (χ2v) is 9.60. The summed E-state index contributed by atoms with van der Waals surface area (Å²) in [5, 5.41) is 32.2. The van der Waals surface area contributed by atoms with Crippen LogP contribution in [0.1, 0.15) is 59.8 Å². The van der Waals surface area contributed by atoms with E-state index >= 15 is 0 Å². The van der Waals surface area contributed by atoms with Crippen LogP contribution in [0, 0.1) is 22.7 Å². The van der Waals surface area contributed by atoms with E-state index < -0.39 is 23.4 Å². The van der Waals surface area contributed by atoms with Gasteiger partial charge in [-0.3, -0.25) is 0 Å². The molecule has 2 saturated carbocycles. The molecule has 0 radical (unpaired) electrons. The van der Waals surface area contributed by atoms with Gasteiger partial charge < -0.3 is 20.1 Å². The Kier molecular flexibility index (Phi) is 4.24. The predicted octanol–water partition coefficient (Wildman–Crippen LogP) is 2.66. The van der Waals surface area contributed by atoms with Crippen LogP contribution in [0.3, 0.4) is 0 Å². The first kappa shape index (κ1) is 18.4. The van der Waals surface area contributed by atoms with Gasteiger partial charge in [-0.05, 0) is 43.4 Å². The van der Waals surface area contributed by atoms with Crippen molar-refractivity contribution in [3.63, 3.8) is 0 Å². The Balaban J connectivity index is 2.07. The highest BCUT2D eigenvalue weighted by molar-refractivity contribution is 5.17. The van der Waals surface area contributed by atoms with Crippen LogP contribution in [0.15, 0.2) is 12.7 Å². The van der Waals surface area contributed by atoms with Gasteiger partial charge in [0.2, 0.25) is 0 Å². The van der Waals surface area contributed by atoms with Crippen molar-refractivity contribution in [2.45, 2.75) is 83.2 Å². The summed E-state index contributed by atoms with van der Waals surface area (Å²) in [4.78, 5) is 0. The molecule has 3 N–H and O–H groups in total. The number of hydrogen-bond donors (Lipinski definition) is 3. The first-order chi connectivity index (χ1) is 11.0. The van der Waals surface area contributed by atoms with Crippen LogP contribution in [0.4, 0.5) is 0 Å². The summed E-state index contributed by atoms with van der Waals surface area (Å²) < 4.78 is 6.47. The number of aliphatic hydroxyl groups is 3. The lowest BCUT2D eigenvalue weighted by molar-refractivity contribution is -0.306. The first-order valence-electron chi connectivity index (χ1n) is 9.34. The van der Waals surface area contributed by atoms with Gasteiger partial charge in [0.1, 0.15) is 0 Å². The van der Waals surface area contributed by atoms with Crippen molar-refractivity contribution < 1.29 is 20.1 Å². The van der Waals surface area contributed by atoms with E-state index in [0.717, 1.165) is 19.3 Å². The van der Waals surface area contributed by atoms with Gasteiger partial charge in [-0.15, -0.1) is 6.58 Å². The van der Waals surface area contributed by atoms with E-state index in [1.54, 1.807) is 6.08 Å². The minimum Gasteiger partial charge on any atom is -0.396 e.